The fraction of sp³-hybridized carbons (Fsp3) is 0.235. The largest absolute Gasteiger partial charge is 0.492 e. The molecular weight excluding hydrogens is 505 g/mol. The van der Waals surface area contributed by atoms with Crippen LogP contribution in [0.4, 0.5) is 0 Å². The number of rotatable bonds is 14. The molecule has 0 atom stereocenters. The summed E-state index contributed by atoms with van der Waals surface area (Å²) < 4.78 is 12.9. The summed E-state index contributed by atoms with van der Waals surface area (Å²) in [7, 11) is 0. The Kier molecular flexibility index (Phi) is 9.90. The molecule has 0 fully saturated rings. The van der Waals surface area contributed by atoms with Gasteiger partial charge in [-0.25, -0.2) is 0 Å². The van der Waals surface area contributed by atoms with Crippen LogP contribution in [0.3, 0.4) is 0 Å². The zero-order valence-corrected chi connectivity index (χ0v) is 23.3. The van der Waals surface area contributed by atoms with Gasteiger partial charge < -0.3 is 9.47 Å². The van der Waals surface area contributed by atoms with Crippen molar-refractivity contribution in [2.75, 3.05) is 24.7 Å². The Morgan fingerprint density at radius 1 is 0.395 bits per heavy atom. The van der Waals surface area contributed by atoms with Gasteiger partial charge in [0.1, 0.15) is 11.5 Å². The van der Waals surface area contributed by atoms with Gasteiger partial charge in [0.05, 0.1) is 13.2 Å². The molecule has 38 heavy (non-hydrogen) atoms. The SMILES string of the molecule is c1ccc(SCCCCOc2c3ccccc3c(OCCCCSc3ccccc3)c3ccccc23)cc1. The molecule has 0 saturated heterocycles. The number of benzene rings is 5. The van der Waals surface area contributed by atoms with Crippen LogP contribution in [0.1, 0.15) is 25.7 Å². The molecule has 0 spiro atoms. The van der Waals surface area contributed by atoms with Gasteiger partial charge in [-0.15, -0.1) is 23.5 Å². The first-order chi connectivity index (χ1) is 18.9. The Morgan fingerprint density at radius 2 is 0.737 bits per heavy atom. The van der Waals surface area contributed by atoms with E-state index in [1.165, 1.54) is 9.79 Å². The van der Waals surface area contributed by atoms with Gasteiger partial charge in [-0.3, -0.25) is 0 Å². The molecular formula is C34H34O2S2. The van der Waals surface area contributed by atoms with Crippen LogP contribution in [0.15, 0.2) is 119 Å². The molecule has 5 aromatic rings. The molecule has 0 radical (unpaired) electrons. The third-order valence-electron chi connectivity index (χ3n) is 6.43. The minimum absolute atomic E-state index is 0.711. The van der Waals surface area contributed by atoms with Crippen LogP contribution in [0.25, 0.3) is 21.5 Å². The van der Waals surface area contributed by atoms with Crippen molar-refractivity contribution in [3.05, 3.63) is 109 Å². The quantitative estimate of drug-likeness (QED) is 0.0795. The standard InChI is InChI=1S/C34H34O2S2/c1-3-15-27(16-4-1)37-25-13-11-23-35-33-29-19-7-9-21-31(29)34(32-22-10-8-20-30(32)33)36-24-12-14-26-38-28-17-5-2-6-18-28/h1-10,15-22H,11-14,23-26H2. The Balaban J connectivity index is 1.21. The van der Waals surface area contributed by atoms with E-state index < -0.39 is 0 Å². The second-order valence-corrected chi connectivity index (χ2v) is 11.5. The van der Waals surface area contributed by atoms with Crippen molar-refractivity contribution in [3.63, 3.8) is 0 Å². The lowest BCUT2D eigenvalue weighted by atomic mass is 10.0. The Bertz CT molecular complexity index is 1250. The summed E-state index contributed by atoms with van der Waals surface area (Å²) in [5.74, 6) is 4.15. The van der Waals surface area contributed by atoms with E-state index in [2.05, 4.69) is 109 Å². The summed E-state index contributed by atoms with van der Waals surface area (Å²) in [6, 6.07) is 38.2. The van der Waals surface area contributed by atoms with Gasteiger partial charge in [0.15, 0.2) is 0 Å². The van der Waals surface area contributed by atoms with Crippen LogP contribution < -0.4 is 9.47 Å². The zero-order valence-electron chi connectivity index (χ0n) is 21.7. The molecule has 0 bridgehead atoms. The normalized spacial score (nSPS) is 11.2. The molecule has 0 heterocycles. The smallest absolute Gasteiger partial charge is 0.135 e. The summed E-state index contributed by atoms with van der Waals surface area (Å²) in [4.78, 5) is 2.66. The molecule has 0 saturated carbocycles. The highest BCUT2D eigenvalue weighted by Gasteiger charge is 2.15. The van der Waals surface area contributed by atoms with Gasteiger partial charge in [0.25, 0.3) is 0 Å². The van der Waals surface area contributed by atoms with E-state index in [-0.39, 0.29) is 0 Å². The highest BCUT2D eigenvalue weighted by atomic mass is 32.2. The Hall–Kier alpha value is -3.08. The fourth-order valence-electron chi connectivity index (χ4n) is 4.53. The maximum Gasteiger partial charge on any atom is 0.135 e. The Morgan fingerprint density at radius 3 is 1.11 bits per heavy atom. The van der Waals surface area contributed by atoms with Crippen LogP contribution >= 0.6 is 23.5 Å². The molecule has 0 amide bonds. The highest BCUT2D eigenvalue weighted by Crippen LogP contribution is 2.42. The molecule has 5 rings (SSSR count). The second kappa shape index (κ2) is 14.2. The Labute approximate surface area is 234 Å². The van der Waals surface area contributed by atoms with Crippen molar-refractivity contribution >= 4 is 45.1 Å². The van der Waals surface area contributed by atoms with E-state index in [0.717, 1.165) is 70.2 Å². The molecule has 0 aliphatic carbocycles. The summed E-state index contributed by atoms with van der Waals surface area (Å²) in [5.41, 5.74) is 0. The zero-order chi connectivity index (χ0) is 25.8. The first kappa shape index (κ1) is 26.5. The third-order valence-corrected chi connectivity index (χ3v) is 8.62. The van der Waals surface area contributed by atoms with Crippen LogP contribution in [-0.4, -0.2) is 24.7 Å². The van der Waals surface area contributed by atoms with Crippen molar-refractivity contribution in [3.8, 4) is 11.5 Å². The summed E-state index contributed by atoms with van der Waals surface area (Å²) in [6.45, 7) is 1.42. The summed E-state index contributed by atoms with van der Waals surface area (Å²) >= 11 is 3.82. The van der Waals surface area contributed by atoms with Gasteiger partial charge in [0.2, 0.25) is 0 Å². The molecule has 0 N–H and O–H groups in total. The van der Waals surface area contributed by atoms with E-state index in [9.17, 15) is 0 Å². The molecule has 2 nitrogen and oxygen atoms in total. The lowest BCUT2D eigenvalue weighted by molar-refractivity contribution is 0.312. The molecule has 5 aromatic carbocycles. The number of hydrogen-bond acceptors (Lipinski definition) is 4. The van der Waals surface area contributed by atoms with Crippen molar-refractivity contribution in [2.24, 2.45) is 0 Å². The number of ether oxygens (including phenoxy) is 2. The lowest BCUT2D eigenvalue weighted by Gasteiger charge is -2.18. The van der Waals surface area contributed by atoms with Gasteiger partial charge in [-0.1, -0.05) is 84.9 Å². The van der Waals surface area contributed by atoms with Crippen LogP contribution in [0, 0.1) is 0 Å². The number of hydrogen-bond donors (Lipinski definition) is 0. The van der Waals surface area contributed by atoms with E-state index >= 15 is 0 Å². The maximum absolute atomic E-state index is 6.47. The van der Waals surface area contributed by atoms with Crippen molar-refractivity contribution in [1.82, 2.24) is 0 Å². The topological polar surface area (TPSA) is 18.5 Å². The number of fused-ring (bicyclic) bond motifs is 2. The third kappa shape index (κ3) is 7.06. The van der Waals surface area contributed by atoms with Crippen molar-refractivity contribution in [1.29, 1.82) is 0 Å². The molecule has 4 heteroatoms. The van der Waals surface area contributed by atoms with Gasteiger partial charge in [-0.05, 0) is 61.5 Å². The lowest BCUT2D eigenvalue weighted by Crippen LogP contribution is -2.03. The van der Waals surface area contributed by atoms with Crippen molar-refractivity contribution in [2.45, 2.75) is 35.5 Å². The molecule has 0 aromatic heterocycles. The predicted octanol–water partition coefficient (Wildman–Crippen LogP) is 9.90. The second-order valence-electron chi connectivity index (χ2n) is 9.18. The van der Waals surface area contributed by atoms with Crippen LogP contribution in [-0.2, 0) is 0 Å². The van der Waals surface area contributed by atoms with E-state index in [0.29, 0.717) is 13.2 Å². The molecule has 0 unspecified atom stereocenters. The number of thioether (sulfide) groups is 2. The van der Waals surface area contributed by atoms with Gasteiger partial charge in [-0.2, -0.15) is 0 Å². The predicted molar refractivity (Wildman–Crippen MR) is 165 cm³/mol. The fourth-order valence-corrected chi connectivity index (χ4v) is 6.40. The van der Waals surface area contributed by atoms with Gasteiger partial charge in [0, 0.05) is 31.3 Å². The van der Waals surface area contributed by atoms with Crippen LogP contribution in [0.5, 0.6) is 11.5 Å². The first-order valence-electron chi connectivity index (χ1n) is 13.4. The monoisotopic (exact) mass is 538 g/mol. The van der Waals surface area contributed by atoms with Crippen LogP contribution in [0.2, 0.25) is 0 Å². The minimum atomic E-state index is 0.711. The minimum Gasteiger partial charge on any atom is -0.492 e. The average molecular weight is 539 g/mol. The molecule has 194 valence electrons. The molecule has 0 aliphatic heterocycles. The summed E-state index contributed by atoms with van der Waals surface area (Å²) in [5, 5.41) is 4.50. The van der Waals surface area contributed by atoms with E-state index in [4.69, 9.17) is 9.47 Å². The van der Waals surface area contributed by atoms with Crippen molar-refractivity contribution < 1.29 is 9.47 Å². The van der Waals surface area contributed by atoms with E-state index in [1.54, 1.807) is 0 Å². The molecule has 0 aliphatic rings. The average Bonchev–Trinajstić information content (AvgIpc) is 2.98. The van der Waals surface area contributed by atoms with E-state index in [1.807, 2.05) is 23.5 Å². The van der Waals surface area contributed by atoms with Gasteiger partial charge >= 0.3 is 0 Å². The number of unbranched alkanes of at least 4 members (excludes halogenated alkanes) is 2. The maximum atomic E-state index is 6.47. The first-order valence-corrected chi connectivity index (χ1v) is 15.4. The highest BCUT2D eigenvalue weighted by molar-refractivity contribution is 7.99. The summed E-state index contributed by atoms with van der Waals surface area (Å²) in [6.07, 6.45) is 4.31.